The normalized spacial score (nSPS) is 10.9. The van der Waals surface area contributed by atoms with Crippen LogP contribution >= 0.6 is 0 Å². The number of benzene rings is 4. The smallest absolute Gasteiger partial charge is 0.119 e. The Hall–Kier alpha value is -3.92. The molecule has 0 unspecified atom stereocenters. The lowest BCUT2D eigenvalue weighted by Crippen LogP contribution is -2.01. The number of anilines is 2. The van der Waals surface area contributed by atoms with Crippen LogP contribution in [0.3, 0.4) is 0 Å². The number of hydrogen-bond acceptors (Lipinski definition) is 4. The predicted molar refractivity (Wildman–Crippen MR) is 171 cm³/mol. The molecule has 0 fully saturated rings. The molecule has 0 bridgehead atoms. The van der Waals surface area contributed by atoms with Crippen molar-refractivity contribution < 1.29 is 9.47 Å². The summed E-state index contributed by atoms with van der Waals surface area (Å²) < 4.78 is 11.8. The summed E-state index contributed by atoms with van der Waals surface area (Å²) in [6.07, 6.45) is 13.1. The Bertz CT molecular complexity index is 1300. The molecule has 0 heterocycles. The number of rotatable bonds is 18. The van der Waals surface area contributed by atoms with E-state index < -0.39 is 0 Å². The molecular formula is C36H44N2O2. The summed E-state index contributed by atoms with van der Waals surface area (Å²) in [7, 11) is 0. The van der Waals surface area contributed by atoms with E-state index in [4.69, 9.17) is 15.2 Å². The maximum absolute atomic E-state index is 6.13. The fraction of sp³-hybridized carbons (Fsp3) is 0.333. The zero-order chi connectivity index (χ0) is 27.8. The molecule has 4 rings (SSSR count). The quantitative estimate of drug-likeness (QED) is 0.0981. The molecular weight excluding hydrogens is 492 g/mol. The Kier molecular flexibility index (Phi) is 11.8. The second-order valence-corrected chi connectivity index (χ2v) is 10.4. The number of fused-ring (bicyclic) bond motifs is 1. The number of nitrogens with one attached hydrogen (secondary N) is 1. The zero-order valence-electron chi connectivity index (χ0n) is 23.7. The van der Waals surface area contributed by atoms with Gasteiger partial charge in [-0.3, -0.25) is 0 Å². The van der Waals surface area contributed by atoms with Crippen LogP contribution in [0.4, 0.5) is 11.4 Å². The van der Waals surface area contributed by atoms with Crippen molar-refractivity contribution >= 4 is 28.2 Å². The van der Waals surface area contributed by atoms with Crippen LogP contribution in [-0.2, 0) is 6.54 Å². The van der Waals surface area contributed by atoms with Crippen molar-refractivity contribution in [1.82, 2.24) is 0 Å². The summed E-state index contributed by atoms with van der Waals surface area (Å²) in [5.41, 5.74) is 10.4. The third kappa shape index (κ3) is 9.37. The summed E-state index contributed by atoms with van der Waals surface area (Å²) in [5.74, 6) is 1.89. The Morgan fingerprint density at radius 2 is 1.12 bits per heavy atom. The van der Waals surface area contributed by atoms with Crippen molar-refractivity contribution in [1.29, 1.82) is 0 Å². The molecule has 0 saturated carbocycles. The second-order valence-electron chi connectivity index (χ2n) is 10.4. The highest BCUT2D eigenvalue weighted by Gasteiger charge is 2.04. The summed E-state index contributed by atoms with van der Waals surface area (Å²) in [6, 6.07) is 28.8. The van der Waals surface area contributed by atoms with Gasteiger partial charge in [0.15, 0.2) is 0 Å². The van der Waals surface area contributed by atoms with E-state index in [2.05, 4.69) is 54.4 Å². The van der Waals surface area contributed by atoms with Crippen molar-refractivity contribution in [2.75, 3.05) is 24.3 Å². The molecule has 0 spiro atoms. The molecule has 4 nitrogen and oxygen atoms in total. The van der Waals surface area contributed by atoms with Crippen molar-refractivity contribution in [3.63, 3.8) is 0 Å². The highest BCUT2D eigenvalue weighted by molar-refractivity contribution is 6.01. The monoisotopic (exact) mass is 536 g/mol. The average molecular weight is 537 g/mol. The van der Waals surface area contributed by atoms with Gasteiger partial charge in [-0.1, -0.05) is 106 Å². The first kappa shape index (κ1) is 29.1. The maximum atomic E-state index is 6.13. The van der Waals surface area contributed by atoms with Crippen LogP contribution in [0.25, 0.3) is 16.8 Å². The molecule has 0 aliphatic heterocycles. The Balaban J connectivity index is 0.991. The summed E-state index contributed by atoms with van der Waals surface area (Å²) in [6.45, 7) is 6.12. The maximum Gasteiger partial charge on any atom is 0.119 e. The number of ether oxygens (including phenoxy) is 2. The summed E-state index contributed by atoms with van der Waals surface area (Å²) >= 11 is 0. The van der Waals surface area contributed by atoms with Crippen molar-refractivity contribution in [2.24, 2.45) is 0 Å². The number of unbranched alkanes of at least 4 members (excludes halogenated alkanes) is 8. The van der Waals surface area contributed by atoms with Gasteiger partial charge in [0.2, 0.25) is 0 Å². The van der Waals surface area contributed by atoms with Crippen molar-refractivity contribution in [3.8, 4) is 11.5 Å². The van der Waals surface area contributed by atoms with Gasteiger partial charge in [0.1, 0.15) is 11.5 Å². The predicted octanol–water partition coefficient (Wildman–Crippen LogP) is 9.65. The minimum absolute atomic E-state index is 0.757. The Morgan fingerprint density at radius 3 is 1.70 bits per heavy atom. The van der Waals surface area contributed by atoms with Gasteiger partial charge in [0, 0.05) is 28.7 Å². The van der Waals surface area contributed by atoms with E-state index in [1.165, 1.54) is 50.5 Å². The number of hydrogen-bond donors (Lipinski definition) is 2. The largest absolute Gasteiger partial charge is 0.494 e. The molecule has 210 valence electrons. The van der Waals surface area contributed by atoms with Gasteiger partial charge >= 0.3 is 0 Å². The Labute approximate surface area is 240 Å². The molecule has 3 N–H and O–H groups in total. The zero-order valence-corrected chi connectivity index (χ0v) is 23.7. The number of nitrogen functional groups attached to an aromatic ring is 1. The van der Waals surface area contributed by atoms with Crippen LogP contribution in [0, 0.1) is 0 Å². The molecule has 4 aromatic carbocycles. The molecule has 0 radical (unpaired) electrons. The van der Waals surface area contributed by atoms with Crippen molar-refractivity contribution in [2.45, 2.75) is 64.3 Å². The van der Waals surface area contributed by atoms with E-state index in [-0.39, 0.29) is 0 Å². The van der Waals surface area contributed by atoms with E-state index in [0.29, 0.717) is 0 Å². The summed E-state index contributed by atoms with van der Waals surface area (Å²) in [4.78, 5) is 0. The molecule has 0 amide bonds. The van der Waals surface area contributed by atoms with Gasteiger partial charge in [-0.25, -0.2) is 0 Å². The fourth-order valence-corrected chi connectivity index (χ4v) is 4.90. The first-order valence-electron chi connectivity index (χ1n) is 14.8. The topological polar surface area (TPSA) is 56.5 Å². The molecule has 0 aliphatic carbocycles. The van der Waals surface area contributed by atoms with Crippen molar-refractivity contribution in [3.05, 3.63) is 103 Å². The third-order valence-electron chi connectivity index (χ3n) is 7.31. The lowest BCUT2D eigenvalue weighted by Gasteiger charge is -2.12. The van der Waals surface area contributed by atoms with Crippen LogP contribution in [0.2, 0.25) is 0 Å². The van der Waals surface area contributed by atoms with Gasteiger partial charge in [0.05, 0.1) is 13.2 Å². The van der Waals surface area contributed by atoms with Gasteiger partial charge in [-0.05, 0) is 60.4 Å². The van der Waals surface area contributed by atoms with Crippen LogP contribution in [0.1, 0.15) is 68.9 Å². The van der Waals surface area contributed by atoms with Gasteiger partial charge < -0.3 is 20.5 Å². The molecule has 0 saturated heterocycles. The summed E-state index contributed by atoms with van der Waals surface area (Å²) in [5, 5.41) is 5.78. The lowest BCUT2D eigenvalue weighted by molar-refractivity contribution is 0.302. The van der Waals surface area contributed by atoms with Crippen LogP contribution in [0.5, 0.6) is 11.5 Å². The molecule has 0 aliphatic rings. The minimum Gasteiger partial charge on any atom is -0.494 e. The van der Waals surface area contributed by atoms with Gasteiger partial charge in [-0.15, -0.1) is 0 Å². The van der Waals surface area contributed by atoms with E-state index >= 15 is 0 Å². The average Bonchev–Trinajstić information content (AvgIpc) is 3.00. The first-order valence-corrected chi connectivity index (χ1v) is 14.8. The van der Waals surface area contributed by atoms with E-state index in [9.17, 15) is 0 Å². The van der Waals surface area contributed by atoms with Crippen LogP contribution in [0.15, 0.2) is 91.5 Å². The van der Waals surface area contributed by atoms with E-state index in [0.717, 1.165) is 71.8 Å². The fourth-order valence-electron chi connectivity index (χ4n) is 4.90. The van der Waals surface area contributed by atoms with Crippen LogP contribution in [-0.4, -0.2) is 13.2 Å². The molecule has 0 aromatic heterocycles. The van der Waals surface area contributed by atoms with Crippen LogP contribution < -0.4 is 20.5 Å². The van der Waals surface area contributed by atoms with E-state index in [1.54, 1.807) is 0 Å². The molecule has 40 heavy (non-hydrogen) atoms. The SMILES string of the molecule is C=Cc1ccc(OCCCCCCCCCCCOc2ccc(CNc3ccc(N)c4ccccc34)cc2)cc1. The molecule has 4 heteroatoms. The second kappa shape index (κ2) is 16.2. The lowest BCUT2D eigenvalue weighted by atomic mass is 10.1. The van der Waals surface area contributed by atoms with Gasteiger partial charge in [0.25, 0.3) is 0 Å². The van der Waals surface area contributed by atoms with E-state index in [1.807, 2.05) is 48.5 Å². The van der Waals surface area contributed by atoms with Gasteiger partial charge in [-0.2, -0.15) is 0 Å². The molecule has 0 atom stereocenters. The highest BCUT2D eigenvalue weighted by Crippen LogP contribution is 2.28. The molecule has 4 aromatic rings. The standard InChI is InChI=1S/C36H44N2O2/c1-2-29-16-20-31(21-17-29)39-26-12-8-6-4-3-5-7-9-13-27-40-32-22-18-30(19-23-32)28-38-36-25-24-35(37)33-14-10-11-15-34(33)36/h2,10-11,14-25,38H,1,3-9,12-13,26-28,37H2. The third-order valence-corrected chi connectivity index (χ3v) is 7.31. The first-order chi connectivity index (χ1) is 19.7. The Morgan fingerprint density at radius 1 is 0.600 bits per heavy atom. The number of nitrogens with two attached hydrogens (primary N) is 1. The highest BCUT2D eigenvalue weighted by atomic mass is 16.5. The minimum atomic E-state index is 0.757.